The molecule has 1 aromatic heterocycles. The van der Waals surface area contributed by atoms with Crippen LogP contribution in [0.1, 0.15) is 42.2 Å². The number of aromatic nitrogens is 1. The predicted octanol–water partition coefficient (Wildman–Crippen LogP) is 4.36. The van der Waals surface area contributed by atoms with E-state index in [1.807, 2.05) is 35.2 Å². The second-order valence-corrected chi connectivity index (χ2v) is 6.46. The van der Waals surface area contributed by atoms with Crippen molar-refractivity contribution in [2.75, 3.05) is 6.54 Å². The Morgan fingerprint density at radius 2 is 2.19 bits per heavy atom. The summed E-state index contributed by atoms with van der Waals surface area (Å²) >= 11 is 3.26. The number of benzene rings is 1. The summed E-state index contributed by atoms with van der Waals surface area (Å²) in [6, 6.07) is 7.77. The Bertz CT molecular complexity index is 555. The molecular weight excluding hydrogens is 300 g/mol. The molecule has 0 aliphatic rings. The highest BCUT2D eigenvalue weighted by Crippen LogP contribution is 2.26. The Labute approximate surface area is 134 Å². The van der Waals surface area contributed by atoms with Crippen molar-refractivity contribution in [2.45, 2.75) is 36.8 Å². The van der Waals surface area contributed by atoms with Crippen LogP contribution in [0, 0.1) is 0 Å². The fourth-order valence-corrected chi connectivity index (χ4v) is 3.53. The summed E-state index contributed by atoms with van der Waals surface area (Å²) in [5, 5.41) is 5.04. The predicted molar refractivity (Wildman–Crippen MR) is 90.0 cm³/mol. The van der Waals surface area contributed by atoms with Crippen LogP contribution in [0.3, 0.4) is 0 Å². The van der Waals surface area contributed by atoms with Crippen LogP contribution in [0.15, 0.2) is 40.1 Å². The molecule has 3 nitrogen and oxygen atoms in total. The average molecular weight is 320 g/mol. The fourth-order valence-electron chi connectivity index (χ4n) is 1.91. The smallest absolute Gasteiger partial charge is 0.252 e. The van der Waals surface area contributed by atoms with Crippen LogP contribution in [0.25, 0.3) is 0 Å². The van der Waals surface area contributed by atoms with Gasteiger partial charge >= 0.3 is 0 Å². The van der Waals surface area contributed by atoms with Crippen molar-refractivity contribution in [3.8, 4) is 0 Å². The van der Waals surface area contributed by atoms with Crippen LogP contribution < -0.4 is 5.32 Å². The molecule has 0 atom stereocenters. The van der Waals surface area contributed by atoms with Gasteiger partial charge in [0.1, 0.15) is 0 Å². The van der Waals surface area contributed by atoms with Crippen molar-refractivity contribution in [3.05, 3.63) is 46.4 Å². The third-order valence-corrected chi connectivity index (χ3v) is 4.80. The Hall–Kier alpha value is -1.33. The molecule has 5 heteroatoms. The van der Waals surface area contributed by atoms with E-state index in [4.69, 9.17) is 0 Å². The molecule has 1 heterocycles. The van der Waals surface area contributed by atoms with Crippen LogP contribution in [-0.2, 0) is 5.75 Å². The Morgan fingerprint density at radius 1 is 1.33 bits per heavy atom. The molecule has 0 fully saturated rings. The molecular formula is C16H20N2OS2. The number of rotatable bonds is 8. The molecule has 1 aromatic carbocycles. The van der Waals surface area contributed by atoms with Gasteiger partial charge in [0.15, 0.2) is 0 Å². The highest BCUT2D eigenvalue weighted by Gasteiger charge is 2.11. The fraction of sp³-hybridized carbons (Fsp3) is 0.375. The summed E-state index contributed by atoms with van der Waals surface area (Å²) in [5.41, 5.74) is 3.65. The normalized spacial score (nSPS) is 10.5. The number of thiazole rings is 1. The number of unbranched alkanes of at least 4 members (excludes halogenated alkanes) is 2. The van der Waals surface area contributed by atoms with E-state index in [2.05, 4.69) is 17.2 Å². The molecule has 2 aromatic rings. The topological polar surface area (TPSA) is 42.0 Å². The summed E-state index contributed by atoms with van der Waals surface area (Å²) in [4.78, 5) is 17.5. The lowest BCUT2D eigenvalue weighted by Gasteiger charge is -2.09. The molecule has 0 saturated carbocycles. The largest absolute Gasteiger partial charge is 0.352 e. The number of thioether (sulfide) groups is 1. The van der Waals surface area contributed by atoms with E-state index in [1.54, 1.807) is 23.1 Å². The van der Waals surface area contributed by atoms with E-state index in [9.17, 15) is 4.79 Å². The van der Waals surface area contributed by atoms with Crippen LogP contribution in [0.5, 0.6) is 0 Å². The first-order valence-corrected chi connectivity index (χ1v) is 9.11. The molecule has 112 valence electrons. The molecule has 0 aliphatic heterocycles. The van der Waals surface area contributed by atoms with Gasteiger partial charge in [0.25, 0.3) is 5.91 Å². The van der Waals surface area contributed by atoms with E-state index < -0.39 is 0 Å². The average Bonchev–Trinajstić information content (AvgIpc) is 3.03. The zero-order valence-corrected chi connectivity index (χ0v) is 13.8. The van der Waals surface area contributed by atoms with Gasteiger partial charge < -0.3 is 5.32 Å². The maximum Gasteiger partial charge on any atom is 0.252 e. The molecule has 0 saturated heterocycles. The van der Waals surface area contributed by atoms with Gasteiger partial charge in [0.2, 0.25) is 0 Å². The van der Waals surface area contributed by atoms with E-state index in [-0.39, 0.29) is 5.91 Å². The van der Waals surface area contributed by atoms with E-state index in [1.165, 1.54) is 0 Å². The first-order chi connectivity index (χ1) is 10.3. The third kappa shape index (κ3) is 5.17. The Balaban J connectivity index is 1.94. The molecule has 0 aliphatic carbocycles. The summed E-state index contributed by atoms with van der Waals surface area (Å²) in [5.74, 6) is 0.816. The Kier molecular flexibility index (Phi) is 6.76. The van der Waals surface area contributed by atoms with Crippen LogP contribution >= 0.6 is 23.1 Å². The lowest BCUT2D eigenvalue weighted by atomic mass is 10.2. The number of carbonyl (C=O) groups is 1. The van der Waals surface area contributed by atoms with Crippen molar-refractivity contribution in [2.24, 2.45) is 0 Å². The number of amides is 1. The van der Waals surface area contributed by atoms with Gasteiger partial charge in [-0.05, 0) is 18.6 Å². The Morgan fingerprint density at radius 3 is 2.95 bits per heavy atom. The summed E-state index contributed by atoms with van der Waals surface area (Å²) in [7, 11) is 0. The molecule has 0 radical (unpaired) electrons. The lowest BCUT2D eigenvalue weighted by Crippen LogP contribution is -2.24. The number of nitrogens with zero attached hydrogens (tertiary/aromatic N) is 1. The first-order valence-electron chi connectivity index (χ1n) is 7.18. The zero-order valence-electron chi connectivity index (χ0n) is 12.2. The molecule has 21 heavy (non-hydrogen) atoms. The summed E-state index contributed by atoms with van der Waals surface area (Å²) in [6.45, 7) is 2.91. The van der Waals surface area contributed by atoms with Gasteiger partial charge in [-0.1, -0.05) is 31.9 Å². The second-order valence-electron chi connectivity index (χ2n) is 4.73. The molecule has 0 unspecified atom stereocenters. The van der Waals surface area contributed by atoms with Gasteiger partial charge in [-0.25, -0.2) is 4.98 Å². The minimum absolute atomic E-state index is 0.0208. The quantitative estimate of drug-likeness (QED) is 0.580. The van der Waals surface area contributed by atoms with Crippen LogP contribution in [0.2, 0.25) is 0 Å². The molecule has 1 N–H and O–H groups in total. The van der Waals surface area contributed by atoms with Crippen molar-refractivity contribution < 1.29 is 4.79 Å². The molecule has 0 spiro atoms. The third-order valence-electron chi connectivity index (χ3n) is 3.06. The first kappa shape index (κ1) is 16.0. The lowest BCUT2D eigenvalue weighted by molar-refractivity contribution is 0.0950. The number of nitrogens with one attached hydrogen (secondary N) is 1. The van der Waals surface area contributed by atoms with Gasteiger partial charge in [0.05, 0.1) is 16.8 Å². The highest BCUT2D eigenvalue weighted by molar-refractivity contribution is 7.98. The van der Waals surface area contributed by atoms with Crippen molar-refractivity contribution in [1.82, 2.24) is 10.3 Å². The summed E-state index contributed by atoms with van der Waals surface area (Å²) < 4.78 is 0. The maximum atomic E-state index is 12.3. The number of hydrogen-bond donors (Lipinski definition) is 1. The van der Waals surface area contributed by atoms with Crippen molar-refractivity contribution >= 4 is 29.0 Å². The molecule has 0 bridgehead atoms. The minimum atomic E-state index is 0.0208. The molecule has 1 amide bonds. The monoisotopic (exact) mass is 320 g/mol. The number of carbonyl (C=O) groups excluding carboxylic acids is 1. The van der Waals surface area contributed by atoms with Crippen LogP contribution in [-0.4, -0.2) is 17.4 Å². The van der Waals surface area contributed by atoms with Gasteiger partial charge in [-0.15, -0.1) is 23.1 Å². The van der Waals surface area contributed by atoms with E-state index in [0.29, 0.717) is 0 Å². The van der Waals surface area contributed by atoms with Gasteiger partial charge in [-0.2, -0.15) is 0 Å². The number of hydrogen-bond acceptors (Lipinski definition) is 4. The van der Waals surface area contributed by atoms with Gasteiger partial charge in [0, 0.05) is 22.6 Å². The minimum Gasteiger partial charge on any atom is -0.352 e. The maximum absolute atomic E-state index is 12.3. The van der Waals surface area contributed by atoms with Crippen molar-refractivity contribution in [1.29, 1.82) is 0 Å². The van der Waals surface area contributed by atoms with Crippen molar-refractivity contribution in [3.63, 3.8) is 0 Å². The van der Waals surface area contributed by atoms with E-state index in [0.717, 1.165) is 47.7 Å². The standard InChI is InChI=1S/C16H20N2OS2/c1-2-3-6-9-17-16(19)14-7-4-5-8-15(14)21-11-13-10-20-12-18-13/h4-5,7-8,10,12H,2-3,6,9,11H2,1H3,(H,17,19). The van der Waals surface area contributed by atoms with Gasteiger partial charge in [-0.3, -0.25) is 4.79 Å². The highest BCUT2D eigenvalue weighted by atomic mass is 32.2. The molecule has 2 rings (SSSR count). The zero-order chi connectivity index (χ0) is 14.9. The van der Waals surface area contributed by atoms with Crippen LogP contribution in [0.4, 0.5) is 0 Å². The summed E-state index contributed by atoms with van der Waals surface area (Å²) in [6.07, 6.45) is 3.35. The SMILES string of the molecule is CCCCCNC(=O)c1ccccc1SCc1cscn1. The van der Waals surface area contributed by atoms with E-state index >= 15 is 0 Å². The second kappa shape index (κ2) is 8.85.